The first-order valence-corrected chi connectivity index (χ1v) is 11.6. The molecule has 0 aliphatic carbocycles. The largest absolute Gasteiger partial charge is 0.349 e. The molecule has 1 saturated heterocycles. The Hall–Kier alpha value is -3.75. The van der Waals surface area contributed by atoms with Gasteiger partial charge in [0.1, 0.15) is 5.15 Å². The molecular weight excluding hydrogens is 466 g/mol. The zero-order valence-corrected chi connectivity index (χ0v) is 20.0. The Kier molecular flexibility index (Phi) is 7.43. The summed E-state index contributed by atoms with van der Waals surface area (Å²) in [5.74, 6) is -1.17. The summed E-state index contributed by atoms with van der Waals surface area (Å²) in [6, 6.07) is 17.8. The molecule has 0 bridgehead atoms. The number of nitrogens with one attached hydrogen (secondary N) is 1. The number of hydrogen-bond acceptors (Lipinski definition) is 5. The van der Waals surface area contributed by atoms with Gasteiger partial charge in [-0.25, -0.2) is 4.98 Å². The van der Waals surface area contributed by atoms with E-state index in [0.717, 1.165) is 16.7 Å². The molecule has 1 unspecified atom stereocenters. The third-order valence-corrected chi connectivity index (χ3v) is 6.09. The van der Waals surface area contributed by atoms with Gasteiger partial charge in [0.25, 0.3) is 17.7 Å². The number of nitrogens with two attached hydrogens (primary N) is 1. The highest BCUT2D eigenvalue weighted by molar-refractivity contribution is 6.29. The minimum atomic E-state index is -1.11. The molecule has 1 atom stereocenters. The molecule has 2 heterocycles. The summed E-state index contributed by atoms with van der Waals surface area (Å²) in [7, 11) is 0. The molecule has 8 nitrogen and oxygen atoms in total. The van der Waals surface area contributed by atoms with Crippen LogP contribution < -0.4 is 11.1 Å². The van der Waals surface area contributed by atoms with E-state index in [1.807, 2.05) is 37.3 Å². The van der Waals surface area contributed by atoms with Gasteiger partial charge in [-0.2, -0.15) is 0 Å². The summed E-state index contributed by atoms with van der Waals surface area (Å²) in [6.07, 6.45) is 0.257. The summed E-state index contributed by atoms with van der Waals surface area (Å²) >= 11 is 5.86. The summed E-state index contributed by atoms with van der Waals surface area (Å²) < 4.78 is 0. The lowest BCUT2D eigenvalue weighted by Crippen LogP contribution is -2.53. The molecule has 1 fully saturated rings. The van der Waals surface area contributed by atoms with E-state index >= 15 is 0 Å². The van der Waals surface area contributed by atoms with Crippen molar-refractivity contribution in [2.45, 2.75) is 26.2 Å². The van der Waals surface area contributed by atoms with Crippen LogP contribution in [0.25, 0.3) is 0 Å². The third-order valence-electron chi connectivity index (χ3n) is 5.86. The average Bonchev–Trinajstić information content (AvgIpc) is 3.32. The maximum atomic E-state index is 13.4. The van der Waals surface area contributed by atoms with Gasteiger partial charge >= 0.3 is 0 Å². The molecule has 2 aromatic carbocycles. The summed E-state index contributed by atoms with van der Waals surface area (Å²) in [5, 5.41) is 3.14. The first-order chi connectivity index (χ1) is 16.9. The van der Waals surface area contributed by atoms with Crippen LogP contribution in [-0.2, 0) is 17.9 Å². The predicted octanol–water partition coefficient (Wildman–Crippen LogP) is 2.74. The highest BCUT2D eigenvalue weighted by Crippen LogP contribution is 2.22. The maximum Gasteiger partial charge on any atom is 0.264 e. The highest BCUT2D eigenvalue weighted by atomic mass is 35.5. The van der Waals surface area contributed by atoms with E-state index in [9.17, 15) is 14.4 Å². The Morgan fingerprint density at radius 1 is 0.971 bits per heavy atom. The number of aromatic nitrogens is 1. The van der Waals surface area contributed by atoms with E-state index in [1.165, 1.54) is 22.1 Å². The van der Waals surface area contributed by atoms with Crippen LogP contribution in [0.3, 0.4) is 0 Å². The number of pyridine rings is 1. The van der Waals surface area contributed by atoms with Crippen LogP contribution in [0.4, 0.5) is 0 Å². The van der Waals surface area contributed by atoms with Crippen LogP contribution in [0, 0.1) is 6.92 Å². The normalized spacial score (nSPS) is 15.2. The summed E-state index contributed by atoms with van der Waals surface area (Å²) in [4.78, 5) is 46.9. The van der Waals surface area contributed by atoms with Gasteiger partial charge in [0, 0.05) is 37.9 Å². The minimum Gasteiger partial charge on any atom is -0.349 e. The van der Waals surface area contributed by atoms with Crippen LogP contribution in [0.15, 0.2) is 66.9 Å². The van der Waals surface area contributed by atoms with E-state index in [4.69, 9.17) is 17.3 Å². The molecule has 3 aromatic rings. The zero-order chi connectivity index (χ0) is 24.9. The van der Waals surface area contributed by atoms with Crippen molar-refractivity contribution in [2.75, 3.05) is 13.1 Å². The smallest absolute Gasteiger partial charge is 0.264 e. The van der Waals surface area contributed by atoms with Gasteiger partial charge < -0.3 is 20.9 Å². The number of nitrogens with zero attached hydrogens (tertiary/aromatic N) is 3. The monoisotopic (exact) mass is 491 g/mol. The van der Waals surface area contributed by atoms with Crippen molar-refractivity contribution >= 4 is 29.3 Å². The van der Waals surface area contributed by atoms with Crippen LogP contribution >= 0.6 is 11.6 Å². The lowest BCUT2D eigenvalue weighted by atomic mass is 10.1. The van der Waals surface area contributed by atoms with Crippen molar-refractivity contribution in [3.05, 3.63) is 99.8 Å². The molecule has 0 saturated carbocycles. The minimum absolute atomic E-state index is 0.208. The molecule has 1 aromatic heterocycles. The number of hydrogen-bond donors (Lipinski definition) is 2. The number of aryl methyl sites for hydroxylation is 1. The fraction of sp³-hybridized carbons (Fsp3) is 0.231. The Morgan fingerprint density at radius 3 is 2.31 bits per heavy atom. The fourth-order valence-corrected chi connectivity index (χ4v) is 4.21. The van der Waals surface area contributed by atoms with E-state index < -0.39 is 18.0 Å². The molecule has 0 radical (unpaired) electrons. The van der Waals surface area contributed by atoms with Crippen molar-refractivity contribution in [3.8, 4) is 0 Å². The van der Waals surface area contributed by atoms with Gasteiger partial charge in [-0.3, -0.25) is 14.4 Å². The molecule has 4 rings (SSSR count). The molecule has 0 spiro atoms. The van der Waals surface area contributed by atoms with Crippen molar-refractivity contribution in [1.29, 1.82) is 0 Å². The lowest BCUT2D eigenvalue weighted by molar-refractivity contribution is -0.128. The quantitative estimate of drug-likeness (QED) is 0.515. The second kappa shape index (κ2) is 10.7. The Morgan fingerprint density at radius 2 is 1.66 bits per heavy atom. The number of rotatable bonds is 6. The number of carbonyl (C=O) groups excluding carboxylic acids is 3. The van der Waals surface area contributed by atoms with Crippen molar-refractivity contribution in [2.24, 2.45) is 5.73 Å². The SMILES string of the molecule is Cc1cccc(C(=O)N2CCN(C(=O)c3ccc(Cl)nc3)C2C(=O)NCc2cccc(CN)c2)c1. The topological polar surface area (TPSA) is 109 Å². The van der Waals surface area contributed by atoms with Gasteiger partial charge in [0.15, 0.2) is 6.17 Å². The molecular formula is C26H26ClN5O3. The Balaban J connectivity index is 1.60. The van der Waals surface area contributed by atoms with Crippen molar-refractivity contribution in [1.82, 2.24) is 20.1 Å². The van der Waals surface area contributed by atoms with Gasteiger partial charge in [0.2, 0.25) is 0 Å². The number of halogens is 1. The van der Waals surface area contributed by atoms with Crippen LogP contribution in [0.5, 0.6) is 0 Å². The van der Waals surface area contributed by atoms with Crippen LogP contribution in [0.1, 0.15) is 37.4 Å². The van der Waals surface area contributed by atoms with Crippen molar-refractivity contribution < 1.29 is 14.4 Å². The highest BCUT2D eigenvalue weighted by Gasteiger charge is 2.43. The predicted molar refractivity (Wildman–Crippen MR) is 132 cm³/mol. The van der Waals surface area contributed by atoms with Crippen molar-refractivity contribution in [3.63, 3.8) is 0 Å². The number of benzene rings is 2. The average molecular weight is 492 g/mol. The van der Waals surface area contributed by atoms with Gasteiger partial charge in [0.05, 0.1) is 5.56 Å². The molecule has 35 heavy (non-hydrogen) atoms. The second-order valence-corrected chi connectivity index (χ2v) is 8.74. The maximum absolute atomic E-state index is 13.4. The fourth-order valence-electron chi connectivity index (χ4n) is 4.10. The molecule has 1 aliphatic rings. The van der Waals surface area contributed by atoms with E-state index in [0.29, 0.717) is 12.1 Å². The first-order valence-electron chi connectivity index (χ1n) is 11.2. The number of amides is 3. The molecule has 1 aliphatic heterocycles. The van der Waals surface area contributed by atoms with Gasteiger partial charge in [-0.15, -0.1) is 0 Å². The molecule has 9 heteroatoms. The zero-order valence-electron chi connectivity index (χ0n) is 19.3. The van der Waals surface area contributed by atoms with E-state index in [-0.39, 0.29) is 36.3 Å². The lowest BCUT2D eigenvalue weighted by Gasteiger charge is -2.29. The Labute approximate surface area is 208 Å². The third kappa shape index (κ3) is 5.50. The van der Waals surface area contributed by atoms with E-state index in [1.54, 1.807) is 24.3 Å². The van der Waals surface area contributed by atoms with Gasteiger partial charge in [-0.1, -0.05) is 53.6 Å². The molecule has 180 valence electrons. The summed E-state index contributed by atoms with van der Waals surface area (Å²) in [6.45, 7) is 2.95. The number of carbonyl (C=O) groups is 3. The first kappa shape index (κ1) is 24.4. The molecule has 3 N–H and O–H groups in total. The standard InChI is InChI=1S/C26H26ClN5O3/c1-17-4-2-7-20(12-17)25(34)31-10-11-32(26(35)21-8-9-22(27)29-16-21)24(31)23(33)30-15-19-6-3-5-18(13-19)14-28/h2-9,12-13,16,24H,10-11,14-15,28H2,1H3,(H,30,33). The van der Waals surface area contributed by atoms with Crippen LogP contribution in [-0.4, -0.2) is 51.8 Å². The van der Waals surface area contributed by atoms with E-state index in [2.05, 4.69) is 10.3 Å². The van der Waals surface area contributed by atoms with Gasteiger partial charge in [-0.05, 0) is 42.3 Å². The second-order valence-electron chi connectivity index (χ2n) is 8.35. The van der Waals surface area contributed by atoms with Crippen LogP contribution in [0.2, 0.25) is 5.15 Å². The summed E-state index contributed by atoms with van der Waals surface area (Å²) in [5.41, 5.74) is 9.21. The Bertz CT molecular complexity index is 1250. The molecule has 3 amide bonds.